The molecule has 0 saturated carbocycles. The Bertz CT molecular complexity index is 677. The number of hydrogen-bond donors (Lipinski definition) is 0. The first-order valence-corrected chi connectivity index (χ1v) is 10.1. The minimum Gasteiger partial charge on any atom is -0.338 e. The van der Waals surface area contributed by atoms with Gasteiger partial charge in [0.25, 0.3) is 0 Å². The van der Waals surface area contributed by atoms with Gasteiger partial charge in [-0.2, -0.15) is 0 Å². The Morgan fingerprint density at radius 2 is 1.59 bits per heavy atom. The zero-order chi connectivity index (χ0) is 18.9. The standard InChI is InChI=1S/C21H30N4O2/c1-22-11-13-24(14-12-22)20(27)23-9-7-21(8-10-23)15-19(26)25(17-21)16-18-5-3-2-4-6-18/h2-6H,7-17H2,1H3. The Kier molecular flexibility index (Phi) is 5.08. The average Bonchev–Trinajstić information content (AvgIpc) is 2.98. The van der Waals surface area contributed by atoms with Gasteiger partial charge in [0, 0.05) is 64.2 Å². The lowest BCUT2D eigenvalue weighted by molar-refractivity contribution is -0.128. The van der Waals surface area contributed by atoms with Gasteiger partial charge in [0.1, 0.15) is 0 Å². The number of benzene rings is 1. The summed E-state index contributed by atoms with van der Waals surface area (Å²) in [6.45, 7) is 6.62. The molecule has 0 radical (unpaired) electrons. The van der Waals surface area contributed by atoms with E-state index in [1.54, 1.807) is 0 Å². The Balaban J connectivity index is 1.32. The fraction of sp³-hybridized carbons (Fsp3) is 0.619. The van der Waals surface area contributed by atoms with Gasteiger partial charge >= 0.3 is 6.03 Å². The lowest BCUT2D eigenvalue weighted by Crippen LogP contribution is -2.54. The second kappa shape index (κ2) is 7.50. The smallest absolute Gasteiger partial charge is 0.320 e. The second-order valence-electron chi connectivity index (χ2n) is 8.47. The quantitative estimate of drug-likeness (QED) is 0.798. The van der Waals surface area contributed by atoms with E-state index < -0.39 is 0 Å². The molecule has 0 aliphatic carbocycles. The zero-order valence-electron chi connectivity index (χ0n) is 16.3. The number of amides is 3. The van der Waals surface area contributed by atoms with Crippen LogP contribution in [-0.2, 0) is 11.3 Å². The van der Waals surface area contributed by atoms with Gasteiger partial charge in [0.15, 0.2) is 0 Å². The molecule has 3 fully saturated rings. The molecule has 3 saturated heterocycles. The van der Waals surface area contributed by atoms with E-state index in [0.29, 0.717) is 13.0 Å². The molecule has 146 valence electrons. The monoisotopic (exact) mass is 370 g/mol. The number of hydrogen-bond acceptors (Lipinski definition) is 3. The van der Waals surface area contributed by atoms with Gasteiger partial charge in [-0.15, -0.1) is 0 Å². The molecule has 3 aliphatic rings. The molecule has 0 N–H and O–H groups in total. The molecule has 3 heterocycles. The number of likely N-dealkylation sites (N-methyl/N-ethyl adjacent to an activating group) is 1. The van der Waals surface area contributed by atoms with Crippen molar-refractivity contribution in [2.24, 2.45) is 5.41 Å². The third kappa shape index (κ3) is 3.95. The third-order valence-corrected chi connectivity index (χ3v) is 6.49. The minimum atomic E-state index is 0.0603. The van der Waals surface area contributed by atoms with Crippen LogP contribution in [0.4, 0.5) is 4.79 Å². The van der Waals surface area contributed by atoms with Crippen molar-refractivity contribution >= 4 is 11.9 Å². The fourth-order valence-corrected chi connectivity index (χ4v) is 4.63. The SMILES string of the molecule is CN1CCN(C(=O)N2CCC3(CC2)CC(=O)N(Cc2ccccc2)C3)CC1. The van der Waals surface area contributed by atoms with Gasteiger partial charge in [-0.05, 0) is 25.5 Å². The molecule has 1 aromatic carbocycles. The Hall–Kier alpha value is -2.08. The van der Waals surface area contributed by atoms with Crippen LogP contribution in [0.5, 0.6) is 0 Å². The summed E-state index contributed by atoms with van der Waals surface area (Å²) < 4.78 is 0. The predicted molar refractivity (Wildman–Crippen MR) is 104 cm³/mol. The first-order valence-electron chi connectivity index (χ1n) is 10.1. The Morgan fingerprint density at radius 1 is 0.963 bits per heavy atom. The van der Waals surface area contributed by atoms with Gasteiger partial charge in [-0.1, -0.05) is 30.3 Å². The molecular weight excluding hydrogens is 340 g/mol. The minimum absolute atomic E-state index is 0.0603. The highest BCUT2D eigenvalue weighted by atomic mass is 16.2. The summed E-state index contributed by atoms with van der Waals surface area (Å²) >= 11 is 0. The first-order chi connectivity index (χ1) is 13.0. The van der Waals surface area contributed by atoms with Gasteiger partial charge in [0.05, 0.1) is 0 Å². The second-order valence-corrected chi connectivity index (χ2v) is 8.47. The van der Waals surface area contributed by atoms with Crippen LogP contribution in [0.25, 0.3) is 0 Å². The van der Waals surface area contributed by atoms with E-state index in [2.05, 4.69) is 24.1 Å². The van der Waals surface area contributed by atoms with E-state index in [1.807, 2.05) is 32.9 Å². The largest absolute Gasteiger partial charge is 0.338 e. The highest BCUT2D eigenvalue weighted by molar-refractivity contribution is 5.80. The molecule has 6 heteroatoms. The highest BCUT2D eigenvalue weighted by Gasteiger charge is 2.45. The Labute approximate surface area is 161 Å². The van der Waals surface area contributed by atoms with Crippen LogP contribution in [0.1, 0.15) is 24.8 Å². The Morgan fingerprint density at radius 3 is 2.26 bits per heavy atom. The van der Waals surface area contributed by atoms with Crippen molar-refractivity contribution in [2.45, 2.75) is 25.8 Å². The summed E-state index contributed by atoms with van der Waals surface area (Å²) in [4.78, 5) is 33.6. The van der Waals surface area contributed by atoms with Gasteiger partial charge in [-0.25, -0.2) is 4.79 Å². The summed E-state index contributed by atoms with van der Waals surface area (Å²) in [5, 5.41) is 0. The molecular formula is C21H30N4O2. The summed E-state index contributed by atoms with van der Waals surface area (Å²) in [5.41, 5.74) is 1.25. The topological polar surface area (TPSA) is 47.1 Å². The first kappa shape index (κ1) is 18.3. The van der Waals surface area contributed by atoms with E-state index in [-0.39, 0.29) is 17.4 Å². The highest BCUT2D eigenvalue weighted by Crippen LogP contribution is 2.41. The maximum atomic E-state index is 12.8. The number of carbonyl (C=O) groups excluding carboxylic acids is 2. The third-order valence-electron chi connectivity index (χ3n) is 6.49. The average molecular weight is 370 g/mol. The molecule has 6 nitrogen and oxygen atoms in total. The zero-order valence-corrected chi connectivity index (χ0v) is 16.3. The number of carbonyl (C=O) groups is 2. The summed E-state index contributed by atoms with van der Waals surface area (Å²) in [5.74, 6) is 0.262. The lowest BCUT2D eigenvalue weighted by Gasteiger charge is -2.42. The number of likely N-dealkylation sites (tertiary alicyclic amines) is 2. The molecule has 0 unspecified atom stereocenters. The van der Waals surface area contributed by atoms with Crippen molar-refractivity contribution in [3.63, 3.8) is 0 Å². The van der Waals surface area contributed by atoms with Crippen LogP contribution in [0.15, 0.2) is 30.3 Å². The summed E-state index contributed by atoms with van der Waals surface area (Å²) in [7, 11) is 2.10. The number of rotatable bonds is 2. The van der Waals surface area contributed by atoms with Crippen LogP contribution in [-0.4, -0.2) is 84.4 Å². The van der Waals surface area contributed by atoms with E-state index in [9.17, 15) is 9.59 Å². The summed E-state index contributed by atoms with van der Waals surface area (Å²) in [6, 6.07) is 10.4. The van der Waals surface area contributed by atoms with E-state index in [4.69, 9.17) is 0 Å². The normalized spacial score (nSPS) is 23.3. The van der Waals surface area contributed by atoms with Crippen molar-refractivity contribution < 1.29 is 9.59 Å². The number of urea groups is 1. The van der Waals surface area contributed by atoms with Crippen molar-refractivity contribution in [1.29, 1.82) is 0 Å². The van der Waals surface area contributed by atoms with Crippen LogP contribution in [0.3, 0.4) is 0 Å². The fourth-order valence-electron chi connectivity index (χ4n) is 4.63. The molecule has 0 bridgehead atoms. The van der Waals surface area contributed by atoms with Crippen LogP contribution >= 0.6 is 0 Å². The molecule has 27 heavy (non-hydrogen) atoms. The number of nitrogens with zero attached hydrogens (tertiary/aromatic N) is 4. The molecule has 0 atom stereocenters. The van der Waals surface area contributed by atoms with E-state index in [0.717, 1.165) is 58.7 Å². The van der Waals surface area contributed by atoms with Crippen molar-refractivity contribution in [3.05, 3.63) is 35.9 Å². The predicted octanol–water partition coefficient (Wildman–Crippen LogP) is 1.87. The van der Waals surface area contributed by atoms with Crippen molar-refractivity contribution in [2.75, 3.05) is 52.9 Å². The van der Waals surface area contributed by atoms with Crippen LogP contribution < -0.4 is 0 Å². The van der Waals surface area contributed by atoms with Crippen molar-refractivity contribution in [1.82, 2.24) is 19.6 Å². The molecule has 4 rings (SSSR count). The lowest BCUT2D eigenvalue weighted by atomic mass is 9.77. The van der Waals surface area contributed by atoms with E-state index >= 15 is 0 Å². The number of piperidine rings is 1. The molecule has 3 aliphatic heterocycles. The maximum Gasteiger partial charge on any atom is 0.320 e. The van der Waals surface area contributed by atoms with Crippen LogP contribution in [0.2, 0.25) is 0 Å². The van der Waals surface area contributed by atoms with Gasteiger partial charge < -0.3 is 19.6 Å². The van der Waals surface area contributed by atoms with E-state index in [1.165, 1.54) is 5.56 Å². The molecule has 3 amide bonds. The van der Waals surface area contributed by atoms with Crippen molar-refractivity contribution in [3.8, 4) is 0 Å². The van der Waals surface area contributed by atoms with Crippen LogP contribution in [0, 0.1) is 5.41 Å². The maximum absolute atomic E-state index is 12.8. The van der Waals surface area contributed by atoms with Gasteiger partial charge in [-0.3, -0.25) is 4.79 Å². The molecule has 0 aromatic heterocycles. The summed E-state index contributed by atoms with van der Waals surface area (Å²) in [6.07, 6.45) is 2.50. The molecule has 1 aromatic rings. The van der Waals surface area contributed by atoms with Gasteiger partial charge in [0.2, 0.25) is 5.91 Å². The molecule has 1 spiro atoms. The number of piperazine rings is 1.